The van der Waals surface area contributed by atoms with Crippen molar-refractivity contribution in [2.45, 2.75) is 6.54 Å². The number of hydrogen-bond donors (Lipinski definition) is 1. The van der Waals surface area contributed by atoms with Gasteiger partial charge >= 0.3 is 0 Å². The molecule has 0 saturated heterocycles. The van der Waals surface area contributed by atoms with Crippen molar-refractivity contribution in [2.75, 3.05) is 14.1 Å². The van der Waals surface area contributed by atoms with Crippen molar-refractivity contribution in [1.82, 2.24) is 10.2 Å². The molecule has 1 amide bonds. The molecule has 1 aromatic carbocycles. The van der Waals surface area contributed by atoms with E-state index < -0.39 is 0 Å². The molecule has 0 aliphatic carbocycles. The van der Waals surface area contributed by atoms with E-state index >= 15 is 0 Å². The van der Waals surface area contributed by atoms with E-state index in [2.05, 4.69) is 5.32 Å². The Balaban J connectivity index is 1.96. The SMILES string of the molecule is CN(C)C=CC(=O)c1ccc(C(=O)NCc2ccccc2)s1. The average molecular weight is 314 g/mol. The second kappa shape index (κ2) is 7.56. The van der Waals surface area contributed by atoms with Crippen LogP contribution in [0.2, 0.25) is 0 Å². The molecule has 1 N–H and O–H groups in total. The molecule has 0 atom stereocenters. The molecule has 0 spiro atoms. The van der Waals surface area contributed by atoms with Crippen molar-refractivity contribution in [3.63, 3.8) is 0 Å². The topological polar surface area (TPSA) is 49.4 Å². The van der Waals surface area contributed by atoms with Crippen molar-refractivity contribution < 1.29 is 9.59 Å². The first-order valence-electron chi connectivity index (χ1n) is 6.87. The number of thiophene rings is 1. The number of allylic oxidation sites excluding steroid dienone is 1. The van der Waals surface area contributed by atoms with Gasteiger partial charge in [0.05, 0.1) is 9.75 Å². The Morgan fingerprint density at radius 2 is 1.77 bits per heavy atom. The van der Waals surface area contributed by atoms with Gasteiger partial charge in [-0.25, -0.2) is 0 Å². The summed E-state index contributed by atoms with van der Waals surface area (Å²) in [6.45, 7) is 0.474. The Labute approximate surface area is 134 Å². The molecule has 2 aromatic rings. The van der Waals surface area contributed by atoms with E-state index in [0.29, 0.717) is 16.3 Å². The second-order valence-corrected chi connectivity index (χ2v) is 6.06. The van der Waals surface area contributed by atoms with Crippen LogP contribution in [0.5, 0.6) is 0 Å². The van der Waals surface area contributed by atoms with Crippen LogP contribution in [0.25, 0.3) is 0 Å². The summed E-state index contributed by atoms with van der Waals surface area (Å²) < 4.78 is 0. The highest BCUT2D eigenvalue weighted by atomic mass is 32.1. The smallest absolute Gasteiger partial charge is 0.261 e. The molecule has 1 heterocycles. The first kappa shape index (κ1) is 16.0. The van der Waals surface area contributed by atoms with E-state index in [-0.39, 0.29) is 11.7 Å². The lowest BCUT2D eigenvalue weighted by Crippen LogP contribution is -2.21. The minimum Gasteiger partial charge on any atom is -0.383 e. The first-order valence-corrected chi connectivity index (χ1v) is 7.69. The molecule has 0 unspecified atom stereocenters. The van der Waals surface area contributed by atoms with E-state index in [1.807, 2.05) is 44.4 Å². The summed E-state index contributed by atoms with van der Waals surface area (Å²) in [7, 11) is 3.70. The van der Waals surface area contributed by atoms with Gasteiger partial charge in [0.1, 0.15) is 0 Å². The number of benzene rings is 1. The maximum Gasteiger partial charge on any atom is 0.261 e. The maximum absolute atomic E-state index is 12.1. The van der Waals surface area contributed by atoms with Gasteiger partial charge < -0.3 is 10.2 Å². The number of carbonyl (C=O) groups is 2. The third-order valence-corrected chi connectivity index (χ3v) is 3.99. The number of nitrogens with one attached hydrogen (secondary N) is 1. The van der Waals surface area contributed by atoms with Crippen LogP contribution in [0.3, 0.4) is 0 Å². The summed E-state index contributed by atoms with van der Waals surface area (Å²) in [6.07, 6.45) is 3.19. The molecule has 0 fully saturated rings. The van der Waals surface area contributed by atoms with Gasteiger partial charge in [-0.3, -0.25) is 9.59 Å². The fourth-order valence-corrected chi connectivity index (χ4v) is 2.60. The van der Waals surface area contributed by atoms with Crippen LogP contribution in [0.15, 0.2) is 54.7 Å². The predicted molar refractivity (Wildman–Crippen MR) is 89.1 cm³/mol. The third kappa shape index (κ3) is 4.56. The van der Waals surface area contributed by atoms with E-state index in [9.17, 15) is 9.59 Å². The standard InChI is InChI=1S/C17H18N2O2S/c1-19(2)11-10-14(20)15-8-9-16(22-15)17(21)18-12-13-6-4-3-5-7-13/h3-11H,12H2,1-2H3,(H,18,21). The maximum atomic E-state index is 12.1. The molecule has 0 bridgehead atoms. The lowest BCUT2D eigenvalue weighted by molar-refractivity contribution is 0.0954. The fraction of sp³-hybridized carbons (Fsp3) is 0.176. The van der Waals surface area contributed by atoms with Crippen LogP contribution in [-0.4, -0.2) is 30.7 Å². The summed E-state index contributed by atoms with van der Waals surface area (Å²) in [4.78, 5) is 26.9. The average Bonchev–Trinajstić information content (AvgIpc) is 3.01. The Bertz CT molecular complexity index is 675. The molecular weight excluding hydrogens is 296 g/mol. The molecule has 4 nitrogen and oxygen atoms in total. The normalized spacial score (nSPS) is 10.6. The number of amides is 1. The van der Waals surface area contributed by atoms with Crippen molar-refractivity contribution >= 4 is 23.0 Å². The molecule has 0 aliphatic rings. The van der Waals surface area contributed by atoms with Crippen LogP contribution in [0.4, 0.5) is 0 Å². The zero-order chi connectivity index (χ0) is 15.9. The molecule has 1 aromatic heterocycles. The number of carbonyl (C=O) groups excluding carboxylic acids is 2. The predicted octanol–water partition coefficient (Wildman–Crippen LogP) is 2.94. The zero-order valence-electron chi connectivity index (χ0n) is 12.6. The van der Waals surface area contributed by atoms with E-state index in [4.69, 9.17) is 0 Å². The molecule has 22 heavy (non-hydrogen) atoms. The molecule has 0 radical (unpaired) electrons. The van der Waals surface area contributed by atoms with Crippen LogP contribution in [0, 0.1) is 0 Å². The highest BCUT2D eigenvalue weighted by molar-refractivity contribution is 7.16. The van der Waals surface area contributed by atoms with Gasteiger partial charge in [0, 0.05) is 32.9 Å². The molecule has 5 heteroatoms. The van der Waals surface area contributed by atoms with Gasteiger partial charge in [-0.15, -0.1) is 11.3 Å². The number of rotatable bonds is 6. The second-order valence-electron chi connectivity index (χ2n) is 4.98. The molecule has 0 saturated carbocycles. The monoisotopic (exact) mass is 314 g/mol. The Morgan fingerprint density at radius 3 is 2.45 bits per heavy atom. The van der Waals surface area contributed by atoms with Crippen molar-refractivity contribution in [3.05, 3.63) is 70.1 Å². The number of hydrogen-bond acceptors (Lipinski definition) is 4. The first-order chi connectivity index (χ1) is 10.6. The fourth-order valence-electron chi connectivity index (χ4n) is 1.76. The quantitative estimate of drug-likeness (QED) is 0.659. The van der Waals surface area contributed by atoms with Gasteiger partial charge in [0.25, 0.3) is 5.91 Å². The molecular formula is C17H18N2O2S. The molecule has 0 aliphatic heterocycles. The van der Waals surface area contributed by atoms with Gasteiger partial charge in [0.2, 0.25) is 0 Å². The molecule has 2 rings (SSSR count). The summed E-state index contributed by atoms with van der Waals surface area (Å²) in [5, 5.41) is 2.85. The van der Waals surface area contributed by atoms with Gasteiger partial charge in [-0.2, -0.15) is 0 Å². The van der Waals surface area contributed by atoms with Crippen LogP contribution in [0.1, 0.15) is 24.9 Å². The van der Waals surface area contributed by atoms with E-state index in [1.165, 1.54) is 17.4 Å². The number of ketones is 1. The summed E-state index contributed by atoms with van der Waals surface area (Å²) >= 11 is 1.20. The lowest BCUT2D eigenvalue weighted by Gasteiger charge is -2.03. The number of nitrogens with zero attached hydrogens (tertiary/aromatic N) is 1. The zero-order valence-corrected chi connectivity index (χ0v) is 13.4. The Kier molecular flexibility index (Phi) is 5.49. The minimum atomic E-state index is -0.163. The Morgan fingerprint density at radius 1 is 1.09 bits per heavy atom. The summed E-state index contributed by atoms with van der Waals surface area (Å²) in [5.41, 5.74) is 1.04. The van der Waals surface area contributed by atoms with E-state index in [1.54, 1.807) is 23.2 Å². The third-order valence-electron chi connectivity index (χ3n) is 2.89. The summed E-state index contributed by atoms with van der Waals surface area (Å²) in [6, 6.07) is 13.1. The van der Waals surface area contributed by atoms with Crippen molar-refractivity contribution in [1.29, 1.82) is 0 Å². The minimum absolute atomic E-state index is 0.0965. The van der Waals surface area contributed by atoms with E-state index in [0.717, 1.165) is 5.56 Å². The summed E-state index contributed by atoms with van der Waals surface area (Å²) in [5.74, 6) is -0.259. The van der Waals surface area contributed by atoms with Gasteiger partial charge in [-0.1, -0.05) is 30.3 Å². The van der Waals surface area contributed by atoms with Crippen LogP contribution >= 0.6 is 11.3 Å². The van der Waals surface area contributed by atoms with Gasteiger partial charge in [0.15, 0.2) is 5.78 Å². The molecule has 114 valence electrons. The highest BCUT2D eigenvalue weighted by Gasteiger charge is 2.12. The largest absolute Gasteiger partial charge is 0.383 e. The van der Waals surface area contributed by atoms with Crippen molar-refractivity contribution in [2.24, 2.45) is 0 Å². The van der Waals surface area contributed by atoms with Gasteiger partial charge in [-0.05, 0) is 17.7 Å². The van der Waals surface area contributed by atoms with Crippen molar-refractivity contribution in [3.8, 4) is 0 Å². The van der Waals surface area contributed by atoms with Crippen LogP contribution < -0.4 is 5.32 Å². The Hall–Kier alpha value is -2.40. The van der Waals surface area contributed by atoms with Crippen LogP contribution in [-0.2, 0) is 6.54 Å². The lowest BCUT2D eigenvalue weighted by atomic mass is 10.2. The highest BCUT2D eigenvalue weighted by Crippen LogP contribution is 2.17.